The van der Waals surface area contributed by atoms with Crippen molar-refractivity contribution >= 4 is 40.5 Å². The minimum absolute atomic E-state index is 0.108. The molecule has 9 heteroatoms. The minimum Gasteiger partial charge on any atom is -0.315 e. The number of anilines is 1. The van der Waals surface area contributed by atoms with Gasteiger partial charge in [0, 0.05) is 11.6 Å². The fraction of sp³-hybridized carbons (Fsp3) is 0.0588. The molecule has 0 atom stereocenters. The molecule has 0 spiro atoms. The molecule has 0 aliphatic heterocycles. The number of nitrogens with one attached hydrogen (secondary N) is 2. The van der Waals surface area contributed by atoms with Crippen LogP contribution in [0.15, 0.2) is 42.5 Å². The number of aromatic amines is 1. The Kier molecular flexibility index (Phi) is 4.92. The highest BCUT2D eigenvalue weighted by molar-refractivity contribution is 6.42. The summed E-state index contributed by atoms with van der Waals surface area (Å²) in [4.78, 5) is 23.0. The van der Waals surface area contributed by atoms with Crippen molar-refractivity contribution in [3.63, 3.8) is 0 Å². The predicted molar refractivity (Wildman–Crippen MR) is 99.8 cm³/mol. The second kappa shape index (κ2) is 7.15. The molecule has 0 saturated carbocycles. The quantitative estimate of drug-likeness (QED) is 0.490. The molecule has 2 N–H and O–H groups in total. The molecule has 0 aliphatic carbocycles. The van der Waals surface area contributed by atoms with Gasteiger partial charge in [-0.2, -0.15) is 5.10 Å². The summed E-state index contributed by atoms with van der Waals surface area (Å²) in [5.41, 5.74) is 1.97. The summed E-state index contributed by atoms with van der Waals surface area (Å²) in [6.45, 7) is 1.73. The number of carbonyl (C=O) groups is 1. The Morgan fingerprint density at radius 2 is 1.92 bits per heavy atom. The molecular weight excluding hydrogens is 379 g/mol. The standard InChI is InChI=1S/C17H12Cl2N4O3/c1-9-2-5-13(16(6-9)23(25)26)20-17(24)15-8-14(21-22-15)10-3-4-11(18)12(19)7-10/h2-8H,1H3,(H,20,24)(H,21,22). The number of rotatable bonds is 4. The van der Waals surface area contributed by atoms with Crippen molar-refractivity contribution in [1.82, 2.24) is 10.2 Å². The van der Waals surface area contributed by atoms with Gasteiger partial charge in [-0.25, -0.2) is 0 Å². The molecule has 0 radical (unpaired) electrons. The van der Waals surface area contributed by atoms with Gasteiger partial charge in [0.1, 0.15) is 11.4 Å². The minimum atomic E-state index is -0.546. The van der Waals surface area contributed by atoms with E-state index in [9.17, 15) is 14.9 Å². The van der Waals surface area contributed by atoms with E-state index >= 15 is 0 Å². The molecular formula is C17H12Cl2N4O3. The molecule has 2 aromatic carbocycles. The number of hydrogen-bond acceptors (Lipinski definition) is 4. The first-order valence-electron chi connectivity index (χ1n) is 7.42. The van der Waals surface area contributed by atoms with Crippen LogP contribution in [0, 0.1) is 17.0 Å². The van der Waals surface area contributed by atoms with Gasteiger partial charge in [0.2, 0.25) is 0 Å². The third-order valence-electron chi connectivity index (χ3n) is 3.64. The molecule has 0 saturated heterocycles. The van der Waals surface area contributed by atoms with Gasteiger partial charge < -0.3 is 5.32 Å². The maximum absolute atomic E-state index is 12.4. The number of nitrogens with zero attached hydrogens (tertiary/aromatic N) is 2. The van der Waals surface area contributed by atoms with Crippen LogP contribution in [0.3, 0.4) is 0 Å². The van der Waals surface area contributed by atoms with Crippen LogP contribution in [-0.4, -0.2) is 21.0 Å². The summed E-state index contributed by atoms with van der Waals surface area (Å²) in [6.07, 6.45) is 0. The molecule has 26 heavy (non-hydrogen) atoms. The van der Waals surface area contributed by atoms with E-state index in [2.05, 4.69) is 15.5 Å². The molecule has 0 bridgehead atoms. The van der Waals surface area contributed by atoms with Gasteiger partial charge in [0.25, 0.3) is 11.6 Å². The van der Waals surface area contributed by atoms with Gasteiger partial charge in [-0.05, 0) is 36.8 Å². The number of amides is 1. The summed E-state index contributed by atoms with van der Waals surface area (Å²) >= 11 is 11.9. The Morgan fingerprint density at radius 3 is 2.62 bits per heavy atom. The number of nitro groups is 1. The van der Waals surface area contributed by atoms with Crippen LogP contribution in [0.2, 0.25) is 10.0 Å². The lowest BCUT2D eigenvalue weighted by Gasteiger charge is -2.05. The lowest BCUT2D eigenvalue weighted by atomic mass is 10.1. The summed E-state index contributed by atoms with van der Waals surface area (Å²) in [5.74, 6) is -0.546. The van der Waals surface area contributed by atoms with Gasteiger partial charge in [0.15, 0.2) is 0 Å². The second-order valence-electron chi connectivity index (χ2n) is 5.53. The third kappa shape index (κ3) is 3.68. The van der Waals surface area contributed by atoms with Crippen LogP contribution < -0.4 is 5.32 Å². The Morgan fingerprint density at radius 1 is 1.15 bits per heavy atom. The lowest BCUT2D eigenvalue weighted by Crippen LogP contribution is -2.13. The smallest absolute Gasteiger partial charge is 0.293 e. The van der Waals surface area contributed by atoms with E-state index in [1.54, 1.807) is 31.2 Å². The van der Waals surface area contributed by atoms with E-state index in [1.165, 1.54) is 18.2 Å². The highest BCUT2D eigenvalue weighted by Gasteiger charge is 2.18. The number of H-pyrrole nitrogens is 1. The topological polar surface area (TPSA) is 101 Å². The van der Waals surface area contributed by atoms with Crippen LogP contribution in [0.1, 0.15) is 16.1 Å². The Labute approximate surface area is 158 Å². The first-order valence-corrected chi connectivity index (χ1v) is 8.18. The normalized spacial score (nSPS) is 10.6. The van der Waals surface area contributed by atoms with E-state index < -0.39 is 10.8 Å². The van der Waals surface area contributed by atoms with Gasteiger partial charge in [-0.1, -0.05) is 35.3 Å². The molecule has 1 amide bonds. The zero-order chi connectivity index (χ0) is 18.8. The van der Waals surface area contributed by atoms with Crippen molar-refractivity contribution in [3.8, 4) is 11.3 Å². The maximum Gasteiger partial charge on any atom is 0.293 e. The van der Waals surface area contributed by atoms with Gasteiger partial charge in [-0.15, -0.1) is 0 Å². The molecule has 0 unspecified atom stereocenters. The SMILES string of the molecule is Cc1ccc(NC(=O)c2cc(-c3ccc(Cl)c(Cl)c3)n[nH]2)c([N+](=O)[O-])c1. The number of carbonyl (C=O) groups excluding carboxylic acids is 1. The molecule has 7 nitrogen and oxygen atoms in total. The summed E-state index contributed by atoms with van der Waals surface area (Å²) in [5, 5.41) is 21.1. The Hall–Kier alpha value is -2.90. The molecule has 3 aromatic rings. The largest absolute Gasteiger partial charge is 0.315 e. The number of aryl methyl sites for hydroxylation is 1. The van der Waals surface area contributed by atoms with E-state index in [0.717, 1.165) is 5.56 Å². The average molecular weight is 391 g/mol. The van der Waals surface area contributed by atoms with Crippen molar-refractivity contribution < 1.29 is 9.72 Å². The van der Waals surface area contributed by atoms with Gasteiger partial charge in [0.05, 0.1) is 20.7 Å². The van der Waals surface area contributed by atoms with E-state index in [4.69, 9.17) is 23.2 Å². The fourth-order valence-corrected chi connectivity index (χ4v) is 2.63. The van der Waals surface area contributed by atoms with Gasteiger partial charge in [-0.3, -0.25) is 20.0 Å². The van der Waals surface area contributed by atoms with Crippen molar-refractivity contribution in [3.05, 3.63) is 73.9 Å². The number of nitro benzene ring substituents is 1. The van der Waals surface area contributed by atoms with E-state index in [1.807, 2.05) is 0 Å². The Balaban J connectivity index is 1.85. The first kappa shape index (κ1) is 17.9. The monoisotopic (exact) mass is 390 g/mol. The zero-order valence-electron chi connectivity index (χ0n) is 13.4. The number of aromatic nitrogens is 2. The van der Waals surface area contributed by atoms with Crippen LogP contribution >= 0.6 is 23.2 Å². The summed E-state index contributed by atoms with van der Waals surface area (Å²) in [6, 6.07) is 11.1. The lowest BCUT2D eigenvalue weighted by molar-refractivity contribution is -0.384. The molecule has 132 valence electrons. The third-order valence-corrected chi connectivity index (χ3v) is 4.38. The van der Waals surface area contributed by atoms with Crippen molar-refractivity contribution in [2.45, 2.75) is 6.92 Å². The Bertz CT molecular complexity index is 1020. The molecule has 0 aliphatic rings. The second-order valence-corrected chi connectivity index (χ2v) is 6.34. The molecule has 3 rings (SSSR count). The van der Waals surface area contributed by atoms with E-state index in [-0.39, 0.29) is 17.1 Å². The van der Waals surface area contributed by atoms with Crippen LogP contribution in [0.4, 0.5) is 11.4 Å². The molecule has 1 heterocycles. The fourth-order valence-electron chi connectivity index (χ4n) is 2.33. The summed E-state index contributed by atoms with van der Waals surface area (Å²) in [7, 11) is 0. The average Bonchev–Trinajstić information content (AvgIpc) is 3.09. The number of halogens is 2. The first-order chi connectivity index (χ1) is 12.3. The van der Waals surface area contributed by atoms with E-state index in [0.29, 0.717) is 21.3 Å². The number of benzene rings is 2. The highest BCUT2D eigenvalue weighted by atomic mass is 35.5. The molecule has 0 fully saturated rings. The maximum atomic E-state index is 12.4. The summed E-state index contributed by atoms with van der Waals surface area (Å²) < 4.78 is 0. The number of hydrogen-bond donors (Lipinski definition) is 2. The van der Waals surface area contributed by atoms with Gasteiger partial charge >= 0.3 is 0 Å². The van der Waals surface area contributed by atoms with Crippen LogP contribution in [-0.2, 0) is 0 Å². The van der Waals surface area contributed by atoms with Crippen molar-refractivity contribution in [2.75, 3.05) is 5.32 Å². The van der Waals surface area contributed by atoms with Crippen LogP contribution in [0.5, 0.6) is 0 Å². The van der Waals surface area contributed by atoms with Crippen molar-refractivity contribution in [1.29, 1.82) is 0 Å². The predicted octanol–water partition coefficient (Wildman–Crippen LogP) is 4.85. The zero-order valence-corrected chi connectivity index (χ0v) is 14.9. The molecule has 1 aromatic heterocycles. The highest BCUT2D eigenvalue weighted by Crippen LogP contribution is 2.29. The van der Waals surface area contributed by atoms with Crippen LogP contribution in [0.25, 0.3) is 11.3 Å². The van der Waals surface area contributed by atoms with Crippen molar-refractivity contribution in [2.24, 2.45) is 0 Å².